The van der Waals surface area contributed by atoms with Gasteiger partial charge in [-0.3, -0.25) is 4.79 Å². The number of carbonyl (C=O) groups is 2. The minimum absolute atomic E-state index is 0.0822. The fraction of sp³-hybridized carbons (Fsp3) is 0.333. The zero-order valence-electron chi connectivity index (χ0n) is 14.3. The van der Waals surface area contributed by atoms with E-state index in [1.54, 1.807) is 24.1 Å². The fourth-order valence-corrected chi connectivity index (χ4v) is 2.57. The average molecular weight is 332 g/mol. The Morgan fingerprint density at radius 1 is 1.21 bits per heavy atom. The average Bonchev–Trinajstić information content (AvgIpc) is 2.84. The van der Waals surface area contributed by atoms with Gasteiger partial charge in [-0.1, -0.05) is 12.1 Å². The Hall–Kier alpha value is -2.63. The highest BCUT2D eigenvalue weighted by molar-refractivity contribution is 5.89. The number of amides is 1. The van der Waals surface area contributed by atoms with Gasteiger partial charge in [-0.05, 0) is 42.7 Å². The van der Waals surface area contributed by atoms with Gasteiger partial charge in [-0.25, -0.2) is 9.18 Å². The first-order chi connectivity index (χ1) is 11.3. The number of nitrogens with zero attached hydrogens (tertiary/aromatic N) is 1. The van der Waals surface area contributed by atoms with Gasteiger partial charge in [0.2, 0.25) is 5.91 Å². The molecule has 128 valence electrons. The summed E-state index contributed by atoms with van der Waals surface area (Å²) in [5.74, 6) is -0.836. The third-order valence-corrected chi connectivity index (χ3v) is 4.07. The number of hydrogen-bond donors (Lipinski definition) is 1. The van der Waals surface area contributed by atoms with Crippen molar-refractivity contribution < 1.29 is 18.7 Å². The maximum atomic E-state index is 12.9. The molecule has 6 heteroatoms. The molecule has 2 aromatic rings. The van der Waals surface area contributed by atoms with Crippen LogP contribution in [0.25, 0.3) is 0 Å². The Kier molecular flexibility index (Phi) is 5.39. The number of esters is 1. The van der Waals surface area contributed by atoms with E-state index in [2.05, 4.69) is 4.98 Å². The normalized spacial score (nSPS) is 10.5. The molecule has 0 saturated heterocycles. The van der Waals surface area contributed by atoms with Gasteiger partial charge in [0.25, 0.3) is 0 Å². The number of rotatable bonds is 5. The van der Waals surface area contributed by atoms with Gasteiger partial charge in [0.05, 0.1) is 13.5 Å². The number of carbonyl (C=O) groups excluding carboxylic acids is 2. The maximum Gasteiger partial charge on any atom is 0.354 e. The van der Waals surface area contributed by atoms with Crippen molar-refractivity contribution in [1.82, 2.24) is 9.88 Å². The van der Waals surface area contributed by atoms with Gasteiger partial charge in [-0.2, -0.15) is 0 Å². The SMILES string of the molecule is COC(=O)c1[nH]c(C)c(CN(C)C(=O)Cc2ccc(F)cc2)c1C. The van der Waals surface area contributed by atoms with E-state index in [-0.39, 0.29) is 18.1 Å². The van der Waals surface area contributed by atoms with Gasteiger partial charge in [0.1, 0.15) is 11.5 Å². The molecule has 0 spiro atoms. The number of H-pyrrole nitrogens is 1. The predicted molar refractivity (Wildman–Crippen MR) is 88.2 cm³/mol. The summed E-state index contributed by atoms with van der Waals surface area (Å²) in [4.78, 5) is 28.7. The van der Waals surface area contributed by atoms with Crippen molar-refractivity contribution in [2.24, 2.45) is 0 Å². The monoisotopic (exact) mass is 332 g/mol. The van der Waals surface area contributed by atoms with Crippen molar-refractivity contribution in [2.75, 3.05) is 14.2 Å². The number of hydrogen-bond acceptors (Lipinski definition) is 3. The van der Waals surface area contributed by atoms with Gasteiger partial charge < -0.3 is 14.6 Å². The van der Waals surface area contributed by atoms with E-state index >= 15 is 0 Å². The summed E-state index contributed by atoms with van der Waals surface area (Å²) in [5.41, 5.74) is 3.66. The number of aromatic amines is 1. The largest absolute Gasteiger partial charge is 0.464 e. The summed E-state index contributed by atoms with van der Waals surface area (Å²) in [6.07, 6.45) is 0.198. The summed E-state index contributed by atoms with van der Waals surface area (Å²) < 4.78 is 17.7. The lowest BCUT2D eigenvalue weighted by Gasteiger charge is -2.18. The second-order valence-electron chi connectivity index (χ2n) is 5.77. The van der Waals surface area contributed by atoms with Crippen LogP contribution in [-0.2, 0) is 22.5 Å². The molecule has 0 bridgehead atoms. The smallest absolute Gasteiger partial charge is 0.354 e. The molecule has 0 aliphatic rings. The Morgan fingerprint density at radius 3 is 2.42 bits per heavy atom. The number of methoxy groups -OCH3 is 1. The molecule has 1 heterocycles. The fourth-order valence-electron chi connectivity index (χ4n) is 2.57. The first-order valence-electron chi connectivity index (χ1n) is 7.58. The van der Waals surface area contributed by atoms with E-state index in [1.165, 1.54) is 19.2 Å². The third-order valence-electron chi connectivity index (χ3n) is 4.07. The van der Waals surface area contributed by atoms with Gasteiger partial charge in [0, 0.05) is 19.3 Å². The van der Waals surface area contributed by atoms with Crippen LogP contribution in [0, 0.1) is 19.7 Å². The second kappa shape index (κ2) is 7.29. The summed E-state index contributed by atoms with van der Waals surface area (Å²) >= 11 is 0. The van der Waals surface area contributed by atoms with Crippen molar-refractivity contribution in [3.05, 3.63) is 58.2 Å². The number of benzene rings is 1. The molecule has 0 fully saturated rings. The van der Waals surface area contributed by atoms with Gasteiger partial charge >= 0.3 is 5.97 Å². The quantitative estimate of drug-likeness (QED) is 0.857. The van der Waals surface area contributed by atoms with Crippen LogP contribution in [-0.4, -0.2) is 35.9 Å². The number of aromatic nitrogens is 1. The van der Waals surface area contributed by atoms with Crippen LogP contribution >= 0.6 is 0 Å². The number of ether oxygens (including phenoxy) is 1. The molecule has 1 amide bonds. The zero-order valence-corrected chi connectivity index (χ0v) is 14.3. The zero-order chi connectivity index (χ0) is 17.9. The van der Waals surface area contributed by atoms with Crippen molar-refractivity contribution >= 4 is 11.9 Å². The minimum atomic E-state index is -0.429. The standard InChI is InChI=1S/C18H21FN2O3/c1-11-15(12(2)20-17(11)18(23)24-4)10-21(3)16(22)9-13-5-7-14(19)8-6-13/h5-8,20H,9-10H2,1-4H3. The second-order valence-corrected chi connectivity index (χ2v) is 5.77. The molecule has 0 unspecified atom stereocenters. The van der Waals surface area contributed by atoms with E-state index in [0.717, 1.165) is 22.4 Å². The summed E-state index contributed by atoms with van der Waals surface area (Å²) in [7, 11) is 3.03. The molecule has 0 atom stereocenters. The lowest BCUT2D eigenvalue weighted by molar-refractivity contribution is -0.129. The van der Waals surface area contributed by atoms with Crippen LogP contribution in [0.15, 0.2) is 24.3 Å². The summed E-state index contributed by atoms with van der Waals surface area (Å²) in [6, 6.07) is 5.88. The Bertz CT molecular complexity index is 750. The van der Waals surface area contributed by atoms with Crippen molar-refractivity contribution in [3.63, 3.8) is 0 Å². The van der Waals surface area contributed by atoms with Crippen molar-refractivity contribution in [3.8, 4) is 0 Å². The van der Waals surface area contributed by atoms with Gasteiger partial charge in [0.15, 0.2) is 0 Å². The molecule has 0 saturated carbocycles. The van der Waals surface area contributed by atoms with E-state index < -0.39 is 5.97 Å². The number of aryl methyl sites for hydroxylation is 1. The van der Waals surface area contributed by atoms with E-state index in [4.69, 9.17) is 4.74 Å². The van der Waals surface area contributed by atoms with Crippen LogP contribution in [0.5, 0.6) is 0 Å². The highest BCUT2D eigenvalue weighted by Crippen LogP contribution is 2.20. The summed E-state index contributed by atoms with van der Waals surface area (Å²) in [6.45, 7) is 4.06. The Labute approximate surface area is 140 Å². The molecule has 0 aliphatic carbocycles. The maximum absolute atomic E-state index is 12.9. The van der Waals surface area contributed by atoms with E-state index in [1.807, 2.05) is 13.8 Å². The first kappa shape index (κ1) is 17.7. The molecule has 24 heavy (non-hydrogen) atoms. The van der Waals surface area contributed by atoms with Crippen LogP contribution in [0.4, 0.5) is 4.39 Å². The van der Waals surface area contributed by atoms with Crippen molar-refractivity contribution in [2.45, 2.75) is 26.8 Å². The van der Waals surface area contributed by atoms with E-state index in [9.17, 15) is 14.0 Å². The lowest BCUT2D eigenvalue weighted by atomic mass is 10.1. The Morgan fingerprint density at radius 2 is 1.83 bits per heavy atom. The molecule has 0 radical (unpaired) electrons. The lowest BCUT2D eigenvalue weighted by Crippen LogP contribution is -2.28. The Balaban J connectivity index is 2.10. The highest BCUT2D eigenvalue weighted by atomic mass is 19.1. The van der Waals surface area contributed by atoms with E-state index in [0.29, 0.717) is 12.2 Å². The van der Waals surface area contributed by atoms with Crippen LogP contribution in [0.1, 0.15) is 32.9 Å². The molecule has 0 aliphatic heterocycles. The first-order valence-corrected chi connectivity index (χ1v) is 7.58. The van der Waals surface area contributed by atoms with Crippen LogP contribution < -0.4 is 0 Å². The molecule has 2 rings (SSSR count). The third kappa shape index (κ3) is 3.82. The van der Waals surface area contributed by atoms with Gasteiger partial charge in [-0.15, -0.1) is 0 Å². The molecule has 1 N–H and O–H groups in total. The topological polar surface area (TPSA) is 62.4 Å². The molecule has 1 aromatic heterocycles. The predicted octanol–water partition coefficient (Wildman–Crippen LogP) is 2.76. The molecule has 5 nitrogen and oxygen atoms in total. The van der Waals surface area contributed by atoms with Crippen molar-refractivity contribution in [1.29, 1.82) is 0 Å². The minimum Gasteiger partial charge on any atom is -0.464 e. The number of halogens is 1. The highest BCUT2D eigenvalue weighted by Gasteiger charge is 2.20. The summed E-state index contributed by atoms with van der Waals surface area (Å²) in [5, 5.41) is 0. The molecule has 1 aromatic carbocycles. The van der Waals surface area contributed by atoms with Crippen LogP contribution in [0.3, 0.4) is 0 Å². The number of nitrogens with one attached hydrogen (secondary N) is 1. The molecular weight excluding hydrogens is 311 g/mol. The van der Waals surface area contributed by atoms with Crippen LogP contribution in [0.2, 0.25) is 0 Å². The number of likely N-dealkylation sites (N-methyl/N-ethyl adjacent to an activating group) is 1. The molecular formula is C18H21FN2O3.